The van der Waals surface area contributed by atoms with Gasteiger partial charge in [-0.05, 0) is 80.5 Å². The molecular weight excluding hydrogens is 454 g/mol. The van der Waals surface area contributed by atoms with Crippen LogP contribution in [0.2, 0.25) is 0 Å². The highest BCUT2D eigenvalue weighted by atomic mass is 32.1. The van der Waals surface area contributed by atoms with Crippen molar-refractivity contribution < 1.29 is 13.6 Å². The minimum Gasteiger partial charge on any atom is -0.397 e. The van der Waals surface area contributed by atoms with E-state index in [9.17, 15) is 4.79 Å². The largest absolute Gasteiger partial charge is 0.397 e. The zero-order valence-electron chi connectivity index (χ0n) is 19.2. The molecule has 0 radical (unpaired) electrons. The number of carbonyl (C=O) groups excluding carboxylic acids is 1. The Hall–Kier alpha value is -2.74. The molecule has 1 saturated carbocycles. The van der Waals surface area contributed by atoms with Gasteiger partial charge in [0, 0.05) is 36.3 Å². The van der Waals surface area contributed by atoms with Gasteiger partial charge < -0.3 is 16.0 Å². The van der Waals surface area contributed by atoms with Crippen molar-refractivity contribution in [1.82, 2.24) is 10.3 Å². The second-order valence-electron chi connectivity index (χ2n) is 10.2. The van der Waals surface area contributed by atoms with Crippen LogP contribution in [0.25, 0.3) is 10.2 Å². The van der Waals surface area contributed by atoms with Gasteiger partial charge in [-0.1, -0.05) is 0 Å². The number of fused-ring (bicyclic) bond motifs is 4. The van der Waals surface area contributed by atoms with Crippen molar-refractivity contribution in [1.29, 1.82) is 0 Å². The van der Waals surface area contributed by atoms with Gasteiger partial charge in [0.25, 0.3) is 5.91 Å². The number of amides is 1. The highest BCUT2D eigenvalue weighted by molar-refractivity contribution is 7.21. The molecule has 178 valence electrons. The van der Waals surface area contributed by atoms with E-state index in [2.05, 4.69) is 15.2 Å². The lowest BCUT2D eigenvalue weighted by molar-refractivity contribution is 0.0938. The number of hydrogen-bond acceptors (Lipinski definition) is 5. The summed E-state index contributed by atoms with van der Waals surface area (Å²) in [7, 11) is 0. The van der Waals surface area contributed by atoms with Gasteiger partial charge in [-0.3, -0.25) is 4.79 Å². The van der Waals surface area contributed by atoms with Crippen LogP contribution >= 0.6 is 11.3 Å². The Morgan fingerprint density at radius 1 is 1.18 bits per heavy atom. The number of thiophene rings is 1. The predicted octanol–water partition coefficient (Wildman–Crippen LogP) is 4.99. The summed E-state index contributed by atoms with van der Waals surface area (Å²) in [4.78, 5) is 20.7. The fraction of sp³-hybridized carbons (Fsp3) is 0.462. The normalized spacial score (nSPS) is 23.9. The first-order valence-corrected chi connectivity index (χ1v) is 12.9. The van der Waals surface area contributed by atoms with Crippen molar-refractivity contribution in [2.45, 2.75) is 51.5 Å². The number of piperidine rings is 1. The lowest BCUT2D eigenvalue weighted by Gasteiger charge is -2.35. The lowest BCUT2D eigenvalue weighted by atomic mass is 9.86. The topological polar surface area (TPSA) is 71.2 Å². The Morgan fingerprint density at radius 2 is 1.94 bits per heavy atom. The van der Waals surface area contributed by atoms with Gasteiger partial charge in [0.2, 0.25) is 0 Å². The molecule has 5 nitrogen and oxygen atoms in total. The Kier molecular flexibility index (Phi) is 5.24. The third kappa shape index (κ3) is 3.63. The average molecular weight is 483 g/mol. The number of benzene rings is 1. The number of aromatic nitrogens is 1. The van der Waals surface area contributed by atoms with Crippen LogP contribution in [-0.2, 0) is 12.8 Å². The smallest absolute Gasteiger partial charge is 0.263 e. The molecule has 3 N–H and O–H groups in total. The monoisotopic (exact) mass is 482 g/mol. The summed E-state index contributed by atoms with van der Waals surface area (Å²) in [6.45, 7) is 3.52. The van der Waals surface area contributed by atoms with E-state index in [1.165, 1.54) is 36.7 Å². The molecule has 0 spiro atoms. The van der Waals surface area contributed by atoms with Gasteiger partial charge in [-0.15, -0.1) is 11.3 Å². The molecule has 8 heteroatoms. The number of pyridine rings is 1. The maximum Gasteiger partial charge on any atom is 0.263 e. The van der Waals surface area contributed by atoms with Gasteiger partial charge in [0.1, 0.15) is 21.3 Å². The third-order valence-electron chi connectivity index (χ3n) is 7.82. The van der Waals surface area contributed by atoms with Crippen LogP contribution in [0.1, 0.15) is 52.2 Å². The number of nitrogen functional groups attached to an aromatic ring is 1. The molecule has 2 unspecified atom stereocenters. The van der Waals surface area contributed by atoms with Crippen molar-refractivity contribution in [3.63, 3.8) is 0 Å². The van der Waals surface area contributed by atoms with E-state index in [0.717, 1.165) is 29.0 Å². The zero-order valence-corrected chi connectivity index (χ0v) is 20.0. The number of anilines is 2. The molecule has 2 aromatic heterocycles. The number of nitrogens with zero attached hydrogens (tertiary/aromatic N) is 2. The molecule has 3 aromatic rings. The van der Waals surface area contributed by atoms with E-state index >= 15 is 8.78 Å². The predicted molar refractivity (Wildman–Crippen MR) is 131 cm³/mol. The van der Waals surface area contributed by atoms with Gasteiger partial charge in [0.15, 0.2) is 0 Å². The maximum atomic E-state index is 15.5. The number of carbonyl (C=O) groups is 1. The first-order valence-electron chi connectivity index (χ1n) is 12.1. The van der Waals surface area contributed by atoms with Crippen LogP contribution in [0.5, 0.6) is 0 Å². The summed E-state index contributed by atoms with van der Waals surface area (Å²) in [5.41, 5.74) is 8.77. The SMILES string of the molecule is Cc1ccc2c(N)c(C(=O)N[C@H]3CCc4c(F)c(N5CC6CCC(C6)C5)cc(F)c4C3)sc2n1. The third-order valence-corrected chi connectivity index (χ3v) is 8.94. The summed E-state index contributed by atoms with van der Waals surface area (Å²) in [5, 5.41) is 3.77. The molecule has 1 amide bonds. The quantitative estimate of drug-likeness (QED) is 0.552. The van der Waals surface area contributed by atoms with Crippen molar-refractivity contribution in [2.24, 2.45) is 11.8 Å². The Labute approximate surface area is 201 Å². The van der Waals surface area contributed by atoms with Crippen molar-refractivity contribution >= 4 is 38.8 Å². The summed E-state index contributed by atoms with van der Waals surface area (Å²) >= 11 is 1.26. The van der Waals surface area contributed by atoms with Crippen LogP contribution in [0.4, 0.5) is 20.2 Å². The number of halogens is 2. The zero-order chi connectivity index (χ0) is 23.6. The van der Waals surface area contributed by atoms with Crippen molar-refractivity contribution in [2.75, 3.05) is 23.7 Å². The number of nitrogens with one attached hydrogen (secondary N) is 1. The van der Waals surface area contributed by atoms with E-state index in [1.54, 1.807) is 0 Å². The second-order valence-corrected chi connectivity index (χ2v) is 11.2. The van der Waals surface area contributed by atoms with E-state index in [4.69, 9.17) is 5.73 Å². The van der Waals surface area contributed by atoms with Gasteiger partial charge in [-0.25, -0.2) is 13.8 Å². The molecule has 3 atom stereocenters. The summed E-state index contributed by atoms with van der Waals surface area (Å²) in [6, 6.07) is 4.84. The Bertz CT molecular complexity index is 1290. The number of rotatable bonds is 3. The molecule has 1 aromatic carbocycles. The van der Waals surface area contributed by atoms with Crippen LogP contribution in [-0.4, -0.2) is 30.0 Å². The number of aryl methyl sites for hydroxylation is 1. The number of hydrogen-bond donors (Lipinski definition) is 2. The maximum absolute atomic E-state index is 15.5. The molecule has 2 fully saturated rings. The molecule has 2 aliphatic carbocycles. The standard InChI is InChI=1S/C26H28F2N4OS/c1-13-2-6-18-23(29)24(34-26(18)30-13)25(33)31-16-5-7-17-19(9-16)20(27)10-21(22(17)28)32-11-14-3-4-15(8-14)12-32/h2,6,10,14-16H,3-5,7-9,11-12,29H2,1H3,(H,31,33)/t14?,15?,16-/m0/s1. The van der Waals surface area contributed by atoms with Crippen LogP contribution in [0.3, 0.4) is 0 Å². The first-order chi connectivity index (χ1) is 16.4. The minimum absolute atomic E-state index is 0.273. The van der Waals surface area contributed by atoms with E-state index in [0.29, 0.717) is 52.1 Å². The van der Waals surface area contributed by atoms with E-state index in [1.807, 2.05) is 19.1 Å². The molecule has 3 heterocycles. The van der Waals surface area contributed by atoms with Crippen LogP contribution < -0.4 is 16.0 Å². The van der Waals surface area contributed by atoms with Gasteiger partial charge in [-0.2, -0.15) is 0 Å². The Morgan fingerprint density at radius 3 is 2.71 bits per heavy atom. The summed E-state index contributed by atoms with van der Waals surface area (Å²) < 4.78 is 30.8. The minimum atomic E-state index is -0.371. The molecule has 2 bridgehead atoms. The highest BCUT2D eigenvalue weighted by Gasteiger charge is 2.36. The second kappa shape index (κ2) is 8.18. The molecular formula is C26H28F2N4OS. The Balaban J connectivity index is 1.22. The van der Waals surface area contributed by atoms with Crippen LogP contribution in [0, 0.1) is 30.4 Å². The number of nitrogens with two attached hydrogens (primary N) is 1. The fourth-order valence-corrected chi connectivity index (χ4v) is 7.16. The highest BCUT2D eigenvalue weighted by Crippen LogP contribution is 2.41. The molecule has 34 heavy (non-hydrogen) atoms. The van der Waals surface area contributed by atoms with Crippen molar-refractivity contribution in [3.05, 3.63) is 51.5 Å². The molecule has 1 saturated heterocycles. The lowest BCUT2D eigenvalue weighted by Crippen LogP contribution is -2.40. The van der Waals surface area contributed by atoms with Crippen LogP contribution in [0.15, 0.2) is 18.2 Å². The molecule has 1 aliphatic heterocycles. The van der Waals surface area contributed by atoms with E-state index in [-0.39, 0.29) is 30.0 Å². The fourth-order valence-electron chi connectivity index (χ4n) is 6.12. The first kappa shape index (κ1) is 21.8. The summed E-state index contributed by atoms with van der Waals surface area (Å²) in [6.07, 6.45) is 4.84. The van der Waals surface area contributed by atoms with Gasteiger partial charge in [0.05, 0.1) is 11.4 Å². The summed E-state index contributed by atoms with van der Waals surface area (Å²) in [5.74, 6) is 0.254. The molecule has 3 aliphatic rings. The van der Waals surface area contributed by atoms with Crippen molar-refractivity contribution in [3.8, 4) is 0 Å². The molecule has 6 rings (SSSR count). The average Bonchev–Trinajstić information content (AvgIpc) is 3.33. The van der Waals surface area contributed by atoms with E-state index < -0.39 is 0 Å². The van der Waals surface area contributed by atoms with Gasteiger partial charge >= 0.3 is 0 Å².